The molecule has 2 aliphatic heterocycles. The van der Waals surface area contributed by atoms with Crippen molar-refractivity contribution >= 4 is 40.1 Å². The quantitative estimate of drug-likeness (QED) is 0.150. The summed E-state index contributed by atoms with van der Waals surface area (Å²) in [5.41, 5.74) is 7.93. The first-order valence-corrected chi connectivity index (χ1v) is 19.2. The van der Waals surface area contributed by atoms with Crippen LogP contribution in [0.5, 0.6) is 0 Å². The first-order valence-electron chi connectivity index (χ1n) is 18.8. The summed E-state index contributed by atoms with van der Waals surface area (Å²) in [6, 6.07) is 14.7. The number of aryl methyl sites for hydroxylation is 2. The Balaban J connectivity index is 1.03. The number of ether oxygens (including phenoxy) is 1. The van der Waals surface area contributed by atoms with E-state index in [0.29, 0.717) is 18.1 Å². The zero-order chi connectivity index (χ0) is 36.5. The smallest absolute Gasteiger partial charge is 0.220 e. The fraction of sp³-hybridized carbons (Fsp3) is 0.500. The van der Waals surface area contributed by atoms with Gasteiger partial charge in [0, 0.05) is 93.2 Å². The Labute approximate surface area is 312 Å². The number of amides is 2. The van der Waals surface area contributed by atoms with Gasteiger partial charge in [0.05, 0.1) is 17.3 Å². The molecule has 12 heteroatoms. The van der Waals surface area contributed by atoms with Crippen molar-refractivity contribution in [3.05, 3.63) is 76.1 Å². The van der Waals surface area contributed by atoms with Crippen LogP contribution in [0.3, 0.4) is 0 Å². The van der Waals surface area contributed by atoms with Gasteiger partial charge in [-0.2, -0.15) is 5.10 Å². The topological polar surface area (TPSA) is 117 Å². The Morgan fingerprint density at radius 1 is 0.942 bits per heavy atom. The lowest BCUT2D eigenvalue weighted by molar-refractivity contribution is -0.126. The third kappa shape index (κ3) is 9.69. The Kier molecular flexibility index (Phi) is 13.2. The number of aromatic nitrogens is 3. The highest BCUT2D eigenvalue weighted by Crippen LogP contribution is 2.32. The minimum atomic E-state index is -0.181. The molecule has 0 bridgehead atoms. The molecular weight excluding hydrogens is 676 g/mol. The molecule has 2 aliphatic rings. The van der Waals surface area contributed by atoms with E-state index < -0.39 is 0 Å². The second kappa shape index (κ2) is 18.1. The minimum Gasteiger partial charge on any atom is -0.381 e. The number of rotatable bonds is 14. The second-order valence-electron chi connectivity index (χ2n) is 14.0. The van der Waals surface area contributed by atoms with Gasteiger partial charge in [-0.25, -0.2) is 9.67 Å². The van der Waals surface area contributed by atoms with E-state index in [2.05, 4.69) is 76.0 Å². The van der Waals surface area contributed by atoms with Gasteiger partial charge in [-0.15, -0.1) is 0 Å². The largest absolute Gasteiger partial charge is 0.381 e. The van der Waals surface area contributed by atoms with E-state index in [1.54, 1.807) is 0 Å². The normalized spacial score (nSPS) is 16.2. The van der Waals surface area contributed by atoms with E-state index in [4.69, 9.17) is 21.3 Å². The lowest BCUT2D eigenvalue weighted by atomic mass is 10.0. The highest BCUT2D eigenvalue weighted by molar-refractivity contribution is 6.33. The number of hydrogen-bond acceptors (Lipinski definition) is 8. The Hall–Kier alpha value is -4.03. The van der Waals surface area contributed by atoms with Crippen LogP contribution in [0.15, 0.2) is 48.7 Å². The number of fused-ring (bicyclic) bond motifs is 1. The van der Waals surface area contributed by atoms with Crippen molar-refractivity contribution in [1.82, 2.24) is 35.2 Å². The zero-order valence-corrected chi connectivity index (χ0v) is 31.6. The molecule has 2 aromatic carbocycles. The summed E-state index contributed by atoms with van der Waals surface area (Å²) in [4.78, 5) is 35.8. The Bertz CT molecular complexity index is 1840. The van der Waals surface area contributed by atoms with Crippen LogP contribution in [0, 0.1) is 0 Å². The number of hydrogen-bond donors (Lipinski definition) is 3. The molecule has 11 nitrogen and oxygen atoms in total. The summed E-state index contributed by atoms with van der Waals surface area (Å²) in [5, 5.41) is 16.0. The number of carbonyl (C=O) groups is 2. The van der Waals surface area contributed by atoms with Crippen molar-refractivity contribution in [2.75, 3.05) is 51.8 Å². The molecule has 2 fully saturated rings. The van der Waals surface area contributed by atoms with Crippen molar-refractivity contribution in [3.63, 3.8) is 0 Å². The van der Waals surface area contributed by atoms with Crippen LogP contribution in [0.4, 0.5) is 5.69 Å². The number of nitrogens with zero attached hydrogens (tertiary/aromatic N) is 5. The molecule has 3 N–H and O–H groups in total. The van der Waals surface area contributed by atoms with Gasteiger partial charge in [-0.3, -0.25) is 14.5 Å². The molecule has 2 amide bonds. The van der Waals surface area contributed by atoms with Gasteiger partial charge in [-0.1, -0.05) is 42.8 Å². The number of likely N-dealkylation sites (N-methyl/N-ethyl adjacent to an activating group) is 1. The Morgan fingerprint density at radius 3 is 2.50 bits per heavy atom. The summed E-state index contributed by atoms with van der Waals surface area (Å²) in [5.74, 6) is -0.359. The van der Waals surface area contributed by atoms with Gasteiger partial charge < -0.3 is 25.6 Å². The van der Waals surface area contributed by atoms with E-state index in [1.165, 1.54) is 12.0 Å². The van der Waals surface area contributed by atoms with Crippen molar-refractivity contribution in [2.24, 2.45) is 0 Å². The van der Waals surface area contributed by atoms with E-state index in [-0.39, 0.29) is 30.7 Å². The first-order chi connectivity index (χ1) is 25.3. The molecule has 0 aliphatic carbocycles. The molecule has 6 rings (SSSR count). The molecule has 4 heterocycles. The minimum absolute atomic E-state index is 0.0887. The molecule has 0 saturated carbocycles. The lowest BCUT2D eigenvalue weighted by Gasteiger charge is -2.26. The summed E-state index contributed by atoms with van der Waals surface area (Å²) in [6.07, 6.45) is 5.76. The van der Waals surface area contributed by atoms with E-state index in [1.807, 2.05) is 29.1 Å². The van der Waals surface area contributed by atoms with Crippen molar-refractivity contribution < 1.29 is 14.3 Å². The second-order valence-corrected chi connectivity index (χ2v) is 14.4. The van der Waals surface area contributed by atoms with Crippen LogP contribution in [-0.4, -0.2) is 88.9 Å². The van der Waals surface area contributed by atoms with Crippen LogP contribution in [0.1, 0.15) is 68.3 Å². The monoisotopic (exact) mass is 728 g/mol. The summed E-state index contributed by atoms with van der Waals surface area (Å²) >= 11 is 6.68. The summed E-state index contributed by atoms with van der Waals surface area (Å²) in [6.45, 7) is 12.3. The van der Waals surface area contributed by atoms with Gasteiger partial charge in [0.25, 0.3) is 0 Å². The van der Waals surface area contributed by atoms with Crippen LogP contribution < -0.4 is 16.0 Å². The maximum Gasteiger partial charge on any atom is 0.220 e. The fourth-order valence-electron chi connectivity index (χ4n) is 7.15. The van der Waals surface area contributed by atoms with Crippen LogP contribution >= 0.6 is 11.6 Å². The number of benzene rings is 2. The van der Waals surface area contributed by atoms with Gasteiger partial charge in [0.15, 0.2) is 5.65 Å². The lowest BCUT2D eigenvalue weighted by Crippen LogP contribution is -2.30. The standard InChI is InChI=1S/C40H53ClN8O3/c1-4-36-33(39(45-31-14-20-52-21-15-31)34-26-44-49(5-2)40(34)46-36)25-43-38(51)13-12-37(50)42-24-28-10-11-35(41)32(23-28)30-9-6-8-29(22-30)27-48-17-7-16-47(3)18-19-48/h6,8-11,22-23,26,31H,4-5,7,12-21,24-25,27H2,1-3H3,(H,42,50)(H,43,51)(H,45,46). The first kappa shape index (κ1) is 37.7. The maximum absolute atomic E-state index is 13.0. The summed E-state index contributed by atoms with van der Waals surface area (Å²) in [7, 11) is 2.19. The van der Waals surface area contributed by atoms with Gasteiger partial charge in [-0.05, 0) is 87.6 Å². The van der Waals surface area contributed by atoms with E-state index in [0.717, 1.165) is 116 Å². The van der Waals surface area contributed by atoms with Gasteiger partial charge in [0.1, 0.15) is 0 Å². The van der Waals surface area contributed by atoms with E-state index in [9.17, 15) is 9.59 Å². The van der Waals surface area contributed by atoms with Crippen LogP contribution in [-0.2, 0) is 46.9 Å². The molecule has 4 aromatic rings. The zero-order valence-electron chi connectivity index (χ0n) is 30.8. The molecule has 0 unspecified atom stereocenters. The molecule has 2 aromatic heterocycles. The highest BCUT2D eigenvalue weighted by atomic mass is 35.5. The van der Waals surface area contributed by atoms with Crippen molar-refractivity contribution in [1.29, 1.82) is 0 Å². The average Bonchev–Trinajstić information content (AvgIpc) is 3.47. The molecule has 0 radical (unpaired) electrons. The van der Waals surface area contributed by atoms with Crippen molar-refractivity contribution in [3.8, 4) is 11.1 Å². The van der Waals surface area contributed by atoms with Gasteiger partial charge >= 0.3 is 0 Å². The highest BCUT2D eigenvalue weighted by Gasteiger charge is 2.22. The van der Waals surface area contributed by atoms with E-state index >= 15 is 0 Å². The number of pyridine rings is 1. The maximum atomic E-state index is 13.0. The molecular formula is C40H53ClN8O3. The predicted octanol–water partition coefficient (Wildman–Crippen LogP) is 5.78. The number of anilines is 1. The number of halogens is 1. The number of carbonyl (C=O) groups excluding carboxylic acids is 2. The molecule has 2 saturated heterocycles. The third-order valence-electron chi connectivity index (χ3n) is 10.2. The predicted molar refractivity (Wildman–Crippen MR) is 207 cm³/mol. The van der Waals surface area contributed by atoms with Crippen LogP contribution in [0.25, 0.3) is 22.2 Å². The Morgan fingerprint density at radius 2 is 1.73 bits per heavy atom. The van der Waals surface area contributed by atoms with Crippen LogP contribution in [0.2, 0.25) is 5.02 Å². The van der Waals surface area contributed by atoms with Gasteiger partial charge in [0.2, 0.25) is 11.8 Å². The molecule has 0 spiro atoms. The number of nitrogens with one attached hydrogen (secondary N) is 3. The SMILES string of the molecule is CCc1nc2c(cnn2CC)c(NC2CCOCC2)c1CNC(=O)CCC(=O)NCc1ccc(Cl)c(-c2cccc(CN3CCCN(C)CC3)c2)c1. The molecule has 278 valence electrons. The molecule has 52 heavy (non-hydrogen) atoms. The third-order valence-corrected chi connectivity index (χ3v) is 10.5. The molecule has 0 atom stereocenters. The average molecular weight is 729 g/mol. The van der Waals surface area contributed by atoms with Crippen molar-refractivity contribution in [2.45, 2.75) is 84.6 Å². The fourth-order valence-corrected chi connectivity index (χ4v) is 7.38. The summed E-state index contributed by atoms with van der Waals surface area (Å²) < 4.78 is 7.49.